The van der Waals surface area contributed by atoms with Crippen LogP contribution in [-0.4, -0.2) is 31.0 Å². The lowest BCUT2D eigenvalue weighted by Crippen LogP contribution is -2.22. The fourth-order valence-electron chi connectivity index (χ4n) is 3.26. The van der Waals surface area contributed by atoms with Gasteiger partial charge in [-0.05, 0) is 44.4 Å². The van der Waals surface area contributed by atoms with Gasteiger partial charge in [-0.1, -0.05) is 30.0 Å². The number of hydrogen-bond acceptors (Lipinski definition) is 6. The Morgan fingerprint density at radius 3 is 2.70 bits per heavy atom. The maximum absolute atomic E-state index is 12.7. The molecule has 9 heteroatoms. The van der Waals surface area contributed by atoms with Crippen LogP contribution in [0.1, 0.15) is 18.3 Å². The van der Waals surface area contributed by atoms with Crippen LogP contribution in [0.4, 0.5) is 5.69 Å². The van der Waals surface area contributed by atoms with Crippen LogP contribution in [-0.2, 0) is 11.3 Å². The summed E-state index contributed by atoms with van der Waals surface area (Å²) >= 11 is 2.65. The fraction of sp³-hybridized carbons (Fsp3) is 0.238. The standard InChI is InChI=1S/C21H21N5O2S2/c1-4-25-20(28)19-16(10-11-29-19)22-21(25)30-12-17(27)23-18-13(2)24-26(14(18)3)15-8-6-5-7-9-15/h5-11H,4,12H2,1-3H3,(H,23,27). The van der Waals surface area contributed by atoms with Gasteiger partial charge in [-0.2, -0.15) is 5.10 Å². The zero-order valence-electron chi connectivity index (χ0n) is 16.9. The number of anilines is 1. The average Bonchev–Trinajstić information content (AvgIpc) is 3.33. The van der Waals surface area contributed by atoms with Gasteiger partial charge in [0, 0.05) is 6.54 Å². The molecule has 30 heavy (non-hydrogen) atoms. The summed E-state index contributed by atoms with van der Waals surface area (Å²) < 4.78 is 4.07. The lowest BCUT2D eigenvalue weighted by atomic mass is 10.3. The van der Waals surface area contributed by atoms with Gasteiger partial charge in [0.05, 0.1) is 34.0 Å². The van der Waals surface area contributed by atoms with Crippen molar-refractivity contribution >= 4 is 44.9 Å². The second kappa shape index (κ2) is 8.45. The van der Waals surface area contributed by atoms with Crippen molar-refractivity contribution in [3.8, 4) is 5.69 Å². The van der Waals surface area contributed by atoms with Gasteiger partial charge < -0.3 is 5.32 Å². The van der Waals surface area contributed by atoms with Crippen molar-refractivity contribution in [2.24, 2.45) is 0 Å². The largest absolute Gasteiger partial charge is 0.322 e. The van der Waals surface area contributed by atoms with Crippen LogP contribution in [0.2, 0.25) is 0 Å². The van der Waals surface area contributed by atoms with Crippen LogP contribution in [0.3, 0.4) is 0 Å². The van der Waals surface area contributed by atoms with Crippen molar-refractivity contribution < 1.29 is 4.79 Å². The maximum Gasteiger partial charge on any atom is 0.272 e. The molecule has 1 amide bonds. The second-order valence-electron chi connectivity index (χ2n) is 6.71. The first kappa shape index (κ1) is 20.4. The molecule has 4 aromatic rings. The van der Waals surface area contributed by atoms with Crippen LogP contribution in [0, 0.1) is 13.8 Å². The third-order valence-electron chi connectivity index (χ3n) is 4.74. The molecule has 4 rings (SSSR count). The zero-order valence-corrected chi connectivity index (χ0v) is 18.5. The molecule has 3 aromatic heterocycles. The third kappa shape index (κ3) is 3.78. The third-order valence-corrected chi connectivity index (χ3v) is 6.60. The second-order valence-corrected chi connectivity index (χ2v) is 8.57. The first-order chi connectivity index (χ1) is 14.5. The number of aromatic nitrogens is 4. The number of carbonyl (C=O) groups is 1. The SMILES string of the molecule is CCn1c(SCC(=O)Nc2c(C)nn(-c3ccccc3)c2C)nc2ccsc2c1=O. The van der Waals surface area contributed by atoms with Crippen molar-refractivity contribution in [3.63, 3.8) is 0 Å². The van der Waals surface area contributed by atoms with Crippen LogP contribution >= 0.6 is 23.1 Å². The van der Waals surface area contributed by atoms with Crippen molar-refractivity contribution in [3.05, 3.63) is 63.5 Å². The molecule has 1 N–H and O–H groups in total. The predicted molar refractivity (Wildman–Crippen MR) is 122 cm³/mol. The van der Waals surface area contributed by atoms with E-state index in [9.17, 15) is 9.59 Å². The summed E-state index contributed by atoms with van der Waals surface area (Å²) in [6.07, 6.45) is 0. The molecule has 3 heterocycles. The lowest BCUT2D eigenvalue weighted by molar-refractivity contribution is -0.113. The molecule has 0 saturated carbocycles. The topological polar surface area (TPSA) is 81.8 Å². The molecule has 0 radical (unpaired) electrons. The molecule has 1 aromatic carbocycles. The van der Waals surface area contributed by atoms with E-state index in [1.54, 1.807) is 4.57 Å². The summed E-state index contributed by atoms with van der Waals surface area (Å²) in [5.74, 6) is -0.0153. The monoisotopic (exact) mass is 439 g/mol. The molecule has 0 atom stereocenters. The zero-order chi connectivity index (χ0) is 21.3. The molecule has 0 aliphatic carbocycles. The molecule has 0 fully saturated rings. The number of nitrogens with one attached hydrogen (secondary N) is 1. The molecular formula is C21H21N5O2S2. The van der Waals surface area contributed by atoms with Crippen LogP contribution < -0.4 is 10.9 Å². The van der Waals surface area contributed by atoms with Gasteiger partial charge >= 0.3 is 0 Å². The number of para-hydroxylation sites is 1. The molecular weight excluding hydrogens is 418 g/mol. The van der Waals surface area contributed by atoms with Gasteiger partial charge in [0.2, 0.25) is 5.91 Å². The van der Waals surface area contributed by atoms with E-state index in [0.717, 1.165) is 17.1 Å². The number of aryl methyl sites for hydroxylation is 1. The number of nitrogens with zero attached hydrogens (tertiary/aromatic N) is 4. The highest BCUT2D eigenvalue weighted by atomic mass is 32.2. The van der Waals surface area contributed by atoms with Gasteiger partial charge in [0.1, 0.15) is 4.70 Å². The number of benzene rings is 1. The van der Waals surface area contributed by atoms with E-state index in [2.05, 4.69) is 15.4 Å². The molecule has 0 aliphatic heterocycles. The van der Waals surface area contributed by atoms with Gasteiger partial charge in [-0.3, -0.25) is 14.2 Å². The molecule has 0 saturated heterocycles. The Morgan fingerprint density at radius 2 is 1.97 bits per heavy atom. The average molecular weight is 440 g/mol. The summed E-state index contributed by atoms with van der Waals surface area (Å²) in [7, 11) is 0. The van der Waals surface area contributed by atoms with E-state index in [1.165, 1.54) is 23.1 Å². The van der Waals surface area contributed by atoms with Gasteiger partial charge in [0.25, 0.3) is 5.56 Å². The van der Waals surface area contributed by atoms with Gasteiger partial charge in [-0.15, -0.1) is 11.3 Å². The number of fused-ring (bicyclic) bond motifs is 1. The fourth-order valence-corrected chi connectivity index (χ4v) is 4.90. The van der Waals surface area contributed by atoms with Crippen molar-refractivity contribution in [2.45, 2.75) is 32.5 Å². The van der Waals surface area contributed by atoms with Crippen LogP contribution in [0.25, 0.3) is 15.9 Å². The minimum absolute atomic E-state index is 0.0590. The van der Waals surface area contributed by atoms with E-state index in [1.807, 2.05) is 67.2 Å². The molecule has 154 valence electrons. The van der Waals surface area contributed by atoms with Crippen molar-refractivity contribution in [1.29, 1.82) is 0 Å². The van der Waals surface area contributed by atoms with Gasteiger partial charge in [-0.25, -0.2) is 9.67 Å². The highest BCUT2D eigenvalue weighted by Gasteiger charge is 2.17. The number of amides is 1. The molecule has 0 unspecified atom stereocenters. The van der Waals surface area contributed by atoms with Crippen LogP contribution in [0.5, 0.6) is 0 Å². The molecule has 7 nitrogen and oxygen atoms in total. The normalized spacial score (nSPS) is 11.2. The Labute approximate surface area is 181 Å². The van der Waals surface area contributed by atoms with Crippen molar-refractivity contribution in [2.75, 3.05) is 11.1 Å². The Kier molecular flexibility index (Phi) is 5.74. The summed E-state index contributed by atoms with van der Waals surface area (Å²) in [5, 5.41) is 9.93. The van der Waals surface area contributed by atoms with Crippen LogP contribution in [0.15, 0.2) is 51.7 Å². The summed E-state index contributed by atoms with van der Waals surface area (Å²) in [6, 6.07) is 11.6. The number of thioether (sulfide) groups is 1. The summed E-state index contributed by atoms with van der Waals surface area (Å²) in [5.41, 5.74) is 3.87. The molecule has 0 aliphatic rings. The number of hydrogen-bond donors (Lipinski definition) is 1. The predicted octanol–water partition coefficient (Wildman–Crippen LogP) is 4.01. The number of rotatable bonds is 6. The number of thiophene rings is 1. The highest BCUT2D eigenvalue weighted by Crippen LogP contribution is 2.24. The van der Waals surface area contributed by atoms with Gasteiger partial charge in [0.15, 0.2) is 5.16 Å². The summed E-state index contributed by atoms with van der Waals surface area (Å²) in [6.45, 7) is 6.20. The van der Waals surface area contributed by atoms with E-state index < -0.39 is 0 Å². The van der Waals surface area contributed by atoms with E-state index >= 15 is 0 Å². The molecule has 0 bridgehead atoms. The Bertz CT molecular complexity index is 1270. The first-order valence-electron chi connectivity index (χ1n) is 9.52. The quantitative estimate of drug-likeness (QED) is 0.363. The molecule has 0 spiro atoms. The number of carbonyl (C=O) groups excluding carboxylic acids is 1. The Morgan fingerprint density at radius 1 is 1.20 bits per heavy atom. The first-order valence-corrected chi connectivity index (χ1v) is 11.4. The highest BCUT2D eigenvalue weighted by molar-refractivity contribution is 7.99. The Hall–Kier alpha value is -2.91. The smallest absolute Gasteiger partial charge is 0.272 e. The minimum atomic E-state index is -0.166. The lowest BCUT2D eigenvalue weighted by Gasteiger charge is -2.10. The minimum Gasteiger partial charge on any atom is -0.322 e. The summed E-state index contributed by atoms with van der Waals surface area (Å²) in [4.78, 5) is 29.8. The van der Waals surface area contributed by atoms with E-state index in [0.29, 0.717) is 27.6 Å². The van der Waals surface area contributed by atoms with E-state index in [4.69, 9.17) is 0 Å². The maximum atomic E-state index is 12.7. The Balaban J connectivity index is 1.52. The van der Waals surface area contributed by atoms with E-state index in [-0.39, 0.29) is 17.2 Å². The van der Waals surface area contributed by atoms with Crippen molar-refractivity contribution in [1.82, 2.24) is 19.3 Å².